The first kappa shape index (κ1) is 31.5. The van der Waals surface area contributed by atoms with E-state index in [1.165, 1.54) is 11.1 Å². The van der Waals surface area contributed by atoms with Crippen LogP contribution >= 0.6 is 0 Å². The molecule has 0 amide bonds. The number of rotatable bonds is 12. The summed E-state index contributed by atoms with van der Waals surface area (Å²) in [6.45, 7) is 19.5. The van der Waals surface area contributed by atoms with Gasteiger partial charge in [-0.3, -0.25) is 0 Å². The molecular weight excluding hydrogens is 515 g/mol. The van der Waals surface area contributed by atoms with E-state index in [9.17, 15) is 4.79 Å². The van der Waals surface area contributed by atoms with E-state index in [0.29, 0.717) is 16.9 Å². The van der Waals surface area contributed by atoms with Crippen LogP contribution in [0, 0.1) is 5.82 Å². The Morgan fingerprint density at radius 1 is 0.875 bits per heavy atom. The zero-order valence-corrected chi connectivity index (χ0v) is 26.3. The summed E-state index contributed by atoms with van der Waals surface area (Å²) in [6.07, 6.45) is 4.28. The molecule has 0 aliphatic heterocycles. The van der Waals surface area contributed by atoms with Gasteiger partial charge in [0.15, 0.2) is 8.32 Å². The second-order valence-electron chi connectivity index (χ2n) is 12.2. The first-order valence-corrected chi connectivity index (χ1v) is 17.2. The maximum absolute atomic E-state index is 15.3. The highest BCUT2D eigenvalue weighted by Crippen LogP contribution is 2.36. The van der Waals surface area contributed by atoms with Gasteiger partial charge in [0.2, 0.25) is 0 Å². The molecule has 0 fully saturated rings. The smallest absolute Gasteiger partial charge is 0.338 e. The van der Waals surface area contributed by atoms with Gasteiger partial charge in [0.05, 0.1) is 0 Å². The molecule has 0 atom stereocenters. The minimum absolute atomic E-state index is 0.190. The van der Waals surface area contributed by atoms with Crippen molar-refractivity contribution in [3.63, 3.8) is 0 Å². The molecule has 0 unspecified atom stereocenters. The third-order valence-corrected chi connectivity index (χ3v) is 12.5. The second-order valence-corrected chi connectivity index (χ2v) is 17.0. The topological polar surface area (TPSA) is 35.5 Å². The summed E-state index contributed by atoms with van der Waals surface area (Å²) in [5.41, 5.74) is 6.47. The number of hydrogen-bond donors (Lipinski definition) is 0. The molecule has 40 heavy (non-hydrogen) atoms. The third kappa shape index (κ3) is 8.49. The van der Waals surface area contributed by atoms with Crippen LogP contribution in [0.15, 0.2) is 72.8 Å². The molecule has 214 valence electrons. The molecule has 0 aromatic heterocycles. The lowest BCUT2D eigenvalue weighted by molar-refractivity contribution is -0.130. The Bertz CT molecular complexity index is 1320. The summed E-state index contributed by atoms with van der Waals surface area (Å²) < 4.78 is 26.9. The van der Waals surface area contributed by atoms with E-state index in [0.717, 1.165) is 55.4 Å². The summed E-state index contributed by atoms with van der Waals surface area (Å²) in [6, 6.07) is 19.4. The van der Waals surface area contributed by atoms with E-state index in [4.69, 9.17) is 9.16 Å². The van der Waals surface area contributed by atoms with Gasteiger partial charge in [-0.1, -0.05) is 76.7 Å². The number of carbonyl (C=O) groups is 1. The first-order chi connectivity index (χ1) is 18.8. The predicted molar refractivity (Wildman–Crippen MR) is 167 cm³/mol. The predicted octanol–water partition coefficient (Wildman–Crippen LogP) is 9.28. The van der Waals surface area contributed by atoms with Crippen molar-refractivity contribution in [2.45, 2.75) is 84.9 Å². The fourth-order valence-electron chi connectivity index (χ4n) is 4.32. The van der Waals surface area contributed by atoms with Crippen molar-refractivity contribution in [2.24, 2.45) is 0 Å². The van der Waals surface area contributed by atoms with Crippen LogP contribution < -0.4 is 4.74 Å². The lowest BCUT2D eigenvalue weighted by Crippen LogP contribution is -2.41. The SMILES string of the molecule is C=C(C)C(=O)Oc1ccc(CCc2ccc(-c3ccc(CCCO[Si](C)(C)C(C)(C)C)cc3CC)c(F)c2)cc1. The Balaban J connectivity index is 1.61. The number of esters is 1. The van der Waals surface area contributed by atoms with Gasteiger partial charge < -0.3 is 9.16 Å². The maximum atomic E-state index is 15.3. The zero-order valence-electron chi connectivity index (χ0n) is 25.3. The van der Waals surface area contributed by atoms with Crippen LogP contribution in [0.1, 0.15) is 63.3 Å². The Morgan fingerprint density at radius 3 is 2.02 bits per heavy atom. The molecule has 3 nitrogen and oxygen atoms in total. The number of halogens is 1. The number of hydrogen-bond acceptors (Lipinski definition) is 3. The number of ether oxygens (including phenoxy) is 1. The van der Waals surface area contributed by atoms with E-state index in [-0.39, 0.29) is 10.9 Å². The van der Waals surface area contributed by atoms with Crippen LogP contribution in [0.25, 0.3) is 11.1 Å². The molecule has 0 aliphatic rings. The van der Waals surface area contributed by atoms with E-state index < -0.39 is 14.3 Å². The summed E-state index contributed by atoms with van der Waals surface area (Å²) >= 11 is 0. The lowest BCUT2D eigenvalue weighted by atomic mass is 9.93. The zero-order chi connectivity index (χ0) is 29.5. The van der Waals surface area contributed by atoms with Crippen LogP contribution in [0.2, 0.25) is 18.1 Å². The highest BCUT2D eigenvalue weighted by Gasteiger charge is 2.36. The van der Waals surface area contributed by atoms with Gasteiger partial charge in [0.1, 0.15) is 11.6 Å². The van der Waals surface area contributed by atoms with Gasteiger partial charge in [-0.05, 0) is 103 Å². The molecule has 0 bridgehead atoms. The molecule has 3 aromatic carbocycles. The summed E-state index contributed by atoms with van der Waals surface area (Å²) in [5.74, 6) is -0.134. The third-order valence-electron chi connectivity index (χ3n) is 7.94. The van der Waals surface area contributed by atoms with Gasteiger partial charge >= 0.3 is 5.97 Å². The number of aryl methyl sites for hydroxylation is 4. The highest BCUT2D eigenvalue weighted by molar-refractivity contribution is 6.74. The summed E-state index contributed by atoms with van der Waals surface area (Å²) in [7, 11) is -1.72. The molecule has 3 aromatic rings. The lowest BCUT2D eigenvalue weighted by Gasteiger charge is -2.36. The standard InChI is InChI=1S/C35H45FO3Si/c1-9-29-23-27(11-10-22-38-40(7,8)35(4,5)6)16-20-31(29)32-21-17-28(24-33(32)36)13-12-26-14-18-30(19-15-26)39-34(37)25(2)3/h14-21,23-24H,2,9-13,22H2,1,3-8H3. The van der Waals surface area contributed by atoms with Gasteiger partial charge in [0, 0.05) is 17.7 Å². The molecule has 5 heteroatoms. The van der Waals surface area contributed by atoms with Crippen molar-refractivity contribution in [3.8, 4) is 16.9 Å². The van der Waals surface area contributed by atoms with E-state index >= 15 is 4.39 Å². The van der Waals surface area contributed by atoms with Crippen molar-refractivity contribution >= 4 is 14.3 Å². The molecule has 0 aliphatic carbocycles. The molecule has 0 saturated carbocycles. The fourth-order valence-corrected chi connectivity index (χ4v) is 5.41. The largest absolute Gasteiger partial charge is 0.423 e. The van der Waals surface area contributed by atoms with Gasteiger partial charge in [0.25, 0.3) is 0 Å². The maximum Gasteiger partial charge on any atom is 0.338 e. The van der Waals surface area contributed by atoms with Crippen LogP contribution in [0.3, 0.4) is 0 Å². The van der Waals surface area contributed by atoms with Crippen molar-refractivity contribution in [3.05, 3.63) is 101 Å². The molecular formula is C35H45FO3Si. The van der Waals surface area contributed by atoms with Gasteiger partial charge in [-0.25, -0.2) is 9.18 Å². The number of benzene rings is 3. The van der Waals surface area contributed by atoms with Crippen LogP contribution in [0.4, 0.5) is 4.39 Å². The molecule has 0 spiro atoms. The Hall–Kier alpha value is -3.02. The molecule has 0 saturated heterocycles. The van der Waals surface area contributed by atoms with E-state index in [1.807, 2.05) is 24.3 Å². The normalized spacial score (nSPS) is 11.9. The monoisotopic (exact) mass is 560 g/mol. The van der Waals surface area contributed by atoms with Crippen molar-refractivity contribution in [1.29, 1.82) is 0 Å². The Labute approximate surface area is 241 Å². The average Bonchev–Trinajstić information content (AvgIpc) is 2.90. The minimum atomic E-state index is -1.72. The first-order valence-electron chi connectivity index (χ1n) is 14.3. The van der Waals surface area contributed by atoms with Crippen LogP contribution in [-0.2, 0) is 34.9 Å². The Morgan fingerprint density at radius 2 is 1.45 bits per heavy atom. The molecule has 0 radical (unpaired) electrons. The Kier molecular flexibility index (Phi) is 10.7. The van der Waals surface area contributed by atoms with Crippen molar-refractivity contribution in [1.82, 2.24) is 0 Å². The minimum Gasteiger partial charge on any atom is -0.423 e. The second kappa shape index (κ2) is 13.6. The van der Waals surface area contributed by atoms with Gasteiger partial charge in [-0.15, -0.1) is 0 Å². The quantitative estimate of drug-likeness (QED) is 0.0728. The highest BCUT2D eigenvalue weighted by atomic mass is 28.4. The molecule has 3 rings (SSSR count). The average molecular weight is 561 g/mol. The van der Waals surface area contributed by atoms with E-state index in [2.05, 4.69) is 65.6 Å². The van der Waals surface area contributed by atoms with Crippen molar-refractivity contribution < 1.29 is 18.3 Å². The summed E-state index contributed by atoms with van der Waals surface area (Å²) in [4.78, 5) is 11.7. The fraction of sp³-hybridized carbons (Fsp3) is 0.400. The summed E-state index contributed by atoms with van der Waals surface area (Å²) in [5, 5.41) is 0.220. The van der Waals surface area contributed by atoms with E-state index in [1.54, 1.807) is 25.1 Å². The van der Waals surface area contributed by atoms with Crippen LogP contribution in [0.5, 0.6) is 5.75 Å². The van der Waals surface area contributed by atoms with Crippen molar-refractivity contribution in [2.75, 3.05) is 6.61 Å². The van der Waals surface area contributed by atoms with Crippen LogP contribution in [-0.4, -0.2) is 20.9 Å². The number of carbonyl (C=O) groups excluding carboxylic acids is 1. The molecule has 0 heterocycles. The van der Waals surface area contributed by atoms with Gasteiger partial charge in [-0.2, -0.15) is 0 Å². The molecule has 0 N–H and O–H groups in total.